The molecular weight excluding hydrogens is 392 g/mol. The first-order chi connectivity index (χ1) is 14.1. The van der Waals surface area contributed by atoms with Crippen LogP contribution in [0, 0.1) is 0 Å². The number of esters is 1. The summed E-state index contributed by atoms with van der Waals surface area (Å²) in [6.07, 6.45) is -0.0468. The molecule has 0 aliphatic heterocycles. The molecule has 0 unspecified atom stereocenters. The van der Waals surface area contributed by atoms with Gasteiger partial charge in [-0.2, -0.15) is 0 Å². The van der Waals surface area contributed by atoms with Crippen LogP contribution in [0.2, 0.25) is 0 Å². The minimum atomic E-state index is -0.459. The molecule has 2 rings (SSSR count). The largest absolute Gasteiger partial charge is 0.489 e. The molecule has 8 heteroatoms. The molecule has 0 spiro atoms. The summed E-state index contributed by atoms with van der Waals surface area (Å²) < 4.78 is 15.4. The van der Waals surface area contributed by atoms with Crippen molar-refractivity contribution in [1.82, 2.24) is 5.32 Å². The highest BCUT2D eigenvalue weighted by Gasteiger charge is 2.10. The summed E-state index contributed by atoms with van der Waals surface area (Å²) in [4.78, 5) is 23.4. The van der Waals surface area contributed by atoms with Crippen molar-refractivity contribution >= 4 is 34.9 Å². The number of hydrogen-bond acceptors (Lipinski definition) is 6. The Kier molecular flexibility index (Phi) is 9.61. The van der Waals surface area contributed by atoms with Crippen LogP contribution in [0.1, 0.15) is 18.4 Å². The van der Waals surface area contributed by atoms with E-state index >= 15 is 0 Å². The van der Waals surface area contributed by atoms with Gasteiger partial charge in [0.1, 0.15) is 19.0 Å². The minimum Gasteiger partial charge on any atom is -0.489 e. The number of carbonyl (C=O) groups is 2. The lowest BCUT2D eigenvalue weighted by molar-refractivity contribution is -0.146. The Morgan fingerprint density at radius 2 is 1.79 bits per heavy atom. The van der Waals surface area contributed by atoms with E-state index < -0.39 is 5.97 Å². The van der Waals surface area contributed by atoms with Gasteiger partial charge in [0.2, 0.25) is 5.91 Å². The van der Waals surface area contributed by atoms with Crippen LogP contribution in [-0.4, -0.2) is 37.3 Å². The summed E-state index contributed by atoms with van der Waals surface area (Å²) in [5.41, 5.74) is 1.74. The van der Waals surface area contributed by atoms with E-state index in [0.29, 0.717) is 24.7 Å². The maximum Gasteiger partial charge on any atom is 0.306 e. The lowest BCUT2D eigenvalue weighted by Crippen LogP contribution is -2.34. The summed E-state index contributed by atoms with van der Waals surface area (Å²) in [6.45, 7) is 0.936. The van der Waals surface area contributed by atoms with Gasteiger partial charge in [-0.3, -0.25) is 9.59 Å². The van der Waals surface area contributed by atoms with Crippen LogP contribution in [0.5, 0.6) is 5.75 Å². The summed E-state index contributed by atoms with van der Waals surface area (Å²) in [5.74, 6) is -0.159. The number of nitrogens with one attached hydrogen (secondary N) is 2. The molecular formula is C21H24N2O5S. The molecule has 0 fully saturated rings. The highest BCUT2D eigenvalue weighted by Crippen LogP contribution is 2.18. The van der Waals surface area contributed by atoms with E-state index in [1.54, 1.807) is 12.1 Å². The molecule has 2 N–H and O–H groups in total. The molecule has 2 aromatic carbocycles. The summed E-state index contributed by atoms with van der Waals surface area (Å²) in [5, 5.41) is 5.61. The molecule has 154 valence electrons. The van der Waals surface area contributed by atoms with Gasteiger partial charge in [0, 0.05) is 25.3 Å². The van der Waals surface area contributed by atoms with E-state index in [4.69, 9.17) is 26.4 Å². The smallest absolute Gasteiger partial charge is 0.306 e. The number of amides is 1. The first-order valence-corrected chi connectivity index (χ1v) is 9.50. The van der Waals surface area contributed by atoms with E-state index in [9.17, 15) is 9.59 Å². The Labute approximate surface area is 175 Å². The van der Waals surface area contributed by atoms with Crippen molar-refractivity contribution in [2.75, 3.05) is 25.6 Å². The van der Waals surface area contributed by atoms with Gasteiger partial charge in [-0.1, -0.05) is 36.4 Å². The highest BCUT2D eigenvalue weighted by atomic mass is 32.1. The number of methoxy groups -OCH3 is 1. The van der Waals surface area contributed by atoms with Crippen LogP contribution in [0.4, 0.5) is 5.69 Å². The number of benzene rings is 2. The Hall–Kier alpha value is -2.97. The minimum absolute atomic E-state index is 0.0200. The second-order valence-electron chi connectivity index (χ2n) is 6.02. The first kappa shape index (κ1) is 22.3. The number of carbonyl (C=O) groups excluding carboxylic acids is 2. The fourth-order valence-electron chi connectivity index (χ4n) is 2.28. The molecule has 0 radical (unpaired) electrons. The normalized spacial score (nSPS) is 10.1. The van der Waals surface area contributed by atoms with Gasteiger partial charge >= 0.3 is 5.97 Å². The molecule has 1 amide bonds. The second kappa shape index (κ2) is 12.5. The predicted octanol–water partition coefficient (Wildman–Crippen LogP) is 3.05. The van der Waals surface area contributed by atoms with Crippen LogP contribution >= 0.6 is 12.2 Å². The molecule has 0 bridgehead atoms. The zero-order valence-electron chi connectivity index (χ0n) is 16.2. The van der Waals surface area contributed by atoms with E-state index in [1.165, 1.54) is 7.11 Å². The van der Waals surface area contributed by atoms with Crippen LogP contribution in [0.15, 0.2) is 54.6 Å². The molecule has 7 nitrogen and oxygen atoms in total. The van der Waals surface area contributed by atoms with Crippen molar-refractivity contribution in [3.05, 3.63) is 60.2 Å². The van der Waals surface area contributed by atoms with Crippen LogP contribution in [0.3, 0.4) is 0 Å². The Balaban J connectivity index is 1.74. The maximum absolute atomic E-state index is 11.9. The molecule has 0 aliphatic carbocycles. The standard InChI is InChI=1S/C21H24N2O5S/c1-26-12-13-27-20(25)11-10-19(24)23-21(29)22-17-8-5-9-18(14-17)28-15-16-6-3-2-4-7-16/h2-9,14H,10-13,15H2,1H3,(H2,22,23,24,29). The zero-order valence-corrected chi connectivity index (χ0v) is 17.0. The second-order valence-corrected chi connectivity index (χ2v) is 6.43. The molecule has 0 atom stereocenters. The number of rotatable bonds is 10. The molecule has 29 heavy (non-hydrogen) atoms. The third-order valence-electron chi connectivity index (χ3n) is 3.70. The summed E-state index contributed by atoms with van der Waals surface area (Å²) in [6, 6.07) is 17.1. The van der Waals surface area contributed by atoms with Gasteiger partial charge in [0.05, 0.1) is 13.0 Å². The van der Waals surface area contributed by atoms with Gasteiger partial charge in [0.15, 0.2) is 5.11 Å². The average Bonchev–Trinajstić information content (AvgIpc) is 2.72. The predicted molar refractivity (Wildman–Crippen MR) is 114 cm³/mol. The number of thiocarbonyl (C=S) groups is 1. The lowest BCUT2D eigenvalue weighted by atomic mass is 10.2. The lowest BCUT2D eigenvalue weighted by Gasteiger charge is -2.11. The number of ether oxygens (including phenoxy) is 3. The molecule has 0 saturated carbocycles. The Morgan fingerprint density at radius 3 is 2.55 bits per heavy atom. The molecule has 0 saturated heterocycles. The van der Waals surface area contributed by atoms with Gasteiger partial charge in [-0.15, -0.1) is 0 Å². The monoisotopic (exact) mass is 416 g/mol. The molecule has 0 heterocycles. The van der Waals surface area contributed by atoms with E-state index in [0.717, 1.165) is 5.56 Å². The van der Waals surface area contributed by atoms with Gasteiger partial charge in [-0.25, -0.2) is 0 Å². The number of anilines is 1. The first-order valence-electron chi connectivity index (χ1n) is 9.09. The Bertz CT molecular complexity index is 814. The average molecular weight is 416 g/mol. The SMILES string of the molecule is COCCOC(=O)CCC(=O)NC(=S)Nc1cccc(OCc2ccccc2)c1. The van der Waals surface area contributed by atoms with E-state index in [1.807, 2.05) is 42.5 Å². The fourth-order valence-corrected chi connectivity index (χ4v) is 2.51. The van der Waals surface area contributed by atoms with Crippen molar-refractivity contribution in [2.24, 2.45) is 0 Å². The summed E-state index contributed by atoms with van der Waals surface area (Å²) >= 11 is 5.15. The highest BCUT2D eigenvalue weighted by molar-refractivity contribution is 7.80. The van der Waals surface area contributed by atoms with Crippen molar-refractivity contribution in [3.8, 4) is 5.75 Å². The third-order valence-corrected chi connectivity index (χ3v) is 3.90. The molecule has 0 aliphatic rings. The maximum atomic E-state index is 11.9. The van der Waals surface area contributed by atoms with Crippen molar-refractivity contribution in [2.45, 2.75) is 19.4 Å². The molecule has 0 aromatic heterocycles. The topological polar surface area (TPSA) is 85.9 Å². The third kappa shape index (κ3) is 9.18. The van der Waals surface area contributed by atoms with E-state index in [2.05, 4.69) is 10.6 Å². The van der Waals surface area contributed by atoms with Gasteiger partial charge in [-0.05, 0) is 29.9 Å². The Morgan fingerprint density at radius 1 is 1.00 bits per heavy atom. The van der Waals surface area contributed by atoms with Crippen molar-refractivity contribution in [1.29, 1.82) is 0 Å². The quantitative estimate of drug-likeness (QED) is 0.350. The van der Waals surface area contributed by atoms with Gasteiger partial charge in [0.25, 0.3) is 0 Å². The van der Waals surface area contributed by atoms with E-state index in [-0.39, 0.29) is 30.5 Å². The number of hydrogen-bond donors (Lipinski definition) is 2. The van der Waals surface area contributed by atoms with Gasteiger partial charge < -0.3 is 24.8 Å². The van der Waals surface area contributed by atoms with Crippen LogP contribution < -0.4 is 15.4 Å². The molecule has 2 aromatic rings. The van der Waals surface area contributed by atoms with Crippen molar-refractivity contribution < 1.29 is 23.8 Å². The zero-order chi connectivity index (χ0) is 20.9. The summed E-state index contributed by atoms with van der Waals surface area (Å²) in [7, 11) is 1.51. The van der Waals surface area contributed by atoms with Crippen LogP contribution in [-0.2, 0) is 25.7 Å². The fraction of sp³-hybridized carbons (Fsp3) is 0.286. The van der Waals surface area contributed by atoms with Crippen molar-refractivity contribution in [3.63, 3.8) is 0 Å². The van der Waals surface area contributed by atoms with Crippen LogP contribution in [0.25, 0.3) is 0 Å².